The van der Waals surface area contributed by atoms with Crippen LogP contribution in [0.3, 0.4) is 0 Å². The third kappa shape index (κ3) is 3.80. The van der Waals surface area contributed by atoms with Crippen molar-refractivity contribution in [3.05, 3.63) is 34.7 Å². The maximum atomic E-state index is 13.0. The van der Waals surface area contributed by atoms with E-state index in [-0.39, 0.29) is 30.7 Å². The number of hydrogen-bond acceptors (Lipinski definition) is 8. The van der Waals surface area contributed by atoms with Crippen molar-refractivity contribution in [3.8, 4) is 0 Å². The molecule has 0 unspecified atom stereocenters. The van der Waals surface area contributed by atoms with Crippen LogP contribution in [-0.4, -0.2) is 50.1 Å². The zero-order valence-electron chi connectivity index (χ0n) is 14.9. The van der Waals surface area contributed by atoms with E-state index < -0.39 is 17.6 Å². The van der Waals surface area contributed by atoms with Crippen LogP contribution in [0.5, 0.6) is 0 Å². The van der Waals surface area contributed by atoms with E-state index in [0.29, 0.717) is 16.6 Å². The Bertz CT molecular complexity index is 1060. The molecular weight excluding hydrogens is 372 g/mol. The summed E-state index contributed by atoms with van der Waals surface area (Å²) in [6, 6.07) is 7.10. The Hall–Kier alpha value is -2.88. The molecule has 0 aliphatic heterocycles. The van der Waals surface area contributed by atoms with Crippen molar-refractivity contribution in [1.29, 1.82) is 0 Å². The van der Waals surface area contributed by atoms with Crippen LogP contribution in [0.4, 0.5) is 0 Å². The van der Waals surface area contributed by atoms with Crippen LogP contribution in [-0.2, 0) is 25.6 Å². The molecule has 3 rings (SSSR count). The fourth-order valence-corrected chi connectivity index (χ4v) is 3.37. The molecule has 0 bridgehead atoms. The van der Waals surface area contributed by atoms with Gasteiger partial charge in [-0.2, -0.15) is 0 Å². The predicted molar refractivity (Wildman–Crippen MR) is 98.7 cm³/mol. The van der Waals surface area contributed by atoms with Crippen LogP contribution >= 0.6 is 11.8 Å². The fourth-order valence-electron chi connectivity index (χ4n) is 2.65. The lowest BCUT2D eigenvalue weighted by atomic mass is 10.2. The Labute approximate surface area is 158 Å². The van der Waals surface area contributed by atoms with Gasteiger partial charge >= 0.3 is 17.6 Å². The van der Waals surface area contributed by atoms with Gasteiger partial charge in [-0.3, -0.25) is 14.2 Å². The van der Waals surface area contributed by atoms with Crippen LogP contribution in [0.1, 0.15) is 13.8 Å². The molecule has 142 valence electrons. The number of fused-ring (bicyclic) bond motifs is 3. The molecule has 1 aromatic carbocycles. The minimum absolute atomic E-state index is 0.00121. The topological polar surface area (TPSA) is 105 Å². The molecule has 0 aliphatic carbocycles. The molecule has 2 aromatic heterocycles. The van der Waals surface area contributed by atoms with E-state index in [1.54, 1.807) is 32.0 Å². The highest BCUT2D eigenvalue weighted by molar-refractivity contribution is 7.99. The number of benzene rings is 1. The van der Waals surface area contributed by atoms with Gasteiger partial charge in [-0.05, 0) is 26.0 Å². The number of ether oxygens (including phenoxy) is 2. The monoisotopic (exact) mass is 390 g/mol. The highest BCUT2D eigenvalue weighted by Gasteiger charge is 2.19. The predicted octanol–water partition coefficient (Wildman–Crippen LogP) is 1.26. The van der Waals surface area contributed by atoms with Crippen molar-refractivity contribution in [3.63, 3.8) is 0 Å². The normalized spacial score (nSPS) is 11.0. The van der Waals surface area contributed by atoms with Crippen LogP contribution in [0.2, 0.25) is 0 Å². The molecule has 0 N–H and O–H groups in total. The molecule has 10 heteroatoms. The first kappa shape index (κ1) is 18.9. The lowest BCUT2D eigenvalue weighted by Gasteiger charge is -2.11. The molecule has 0 aliphatic rings. The summed E-state index contributed by atoms with van der Waals surface area (Å²) in [5.74, 6) is -0.927. The largest absolute Gasteiger partial charge is 0.465 e. The maximum Gasteiger partial charge on any atom is 0.337 e. The summed E-state index contributed by atoms with van der Waals surface area (Å²) in [5, 5.41) is 9.05. The van der Waals surface area contributed by atoms with Crippen LogP contribution in [0, 0.1) is 0 Å². The van der Waals surface area contributed by atoms with Gasteiger partial charge in [-0.1, -0.05) is 23.9 Å². The van der Waals surface area contributed by atoms with Crippen molar-refractivity contribution in [2.24, 2.45) is 0 Å². The number of para-hydroxylation sites is 1. The lowest BCUT2D eigenvalue weighted by molar-refractivity contribution is -0.144. The van der Waals surface area contributed by atoms with Crippen LogP contribution in [0.25, 0.3) is 16.6 Å². The lowest BCUT2D eigenvalue weighted by Crippen LogP contribution is -2.31. The van der Waals surface area contributed by atoms with Crippen LogP contribution < -0.4 is 5.69 Å². The second kappa shape index (κ2) is 8.21. The quantitative estimate of drug-likeness (QED) is 0.439. The Morgan fingerprint density at radius 1 is 1.07 bits per heavy atom. The van der Waals surface area contributed by atoms with E-state index in [2.05, 4.69) is 10.2 Å². The standard InChI is InChI=1S/C17H18N4O5S/c1-3-25-13(22)9-20-12-8-6-5-7-11(12)15-18-19-16(21(15)17(20)24)27-10-14(23)26-4-2/h5-8H,3-4,9-10H2,1-2H3. The zero-order chi connectivity index (χ0) is 19.4. The summed E-state index contributed by atoms with van der Waals surface area (Å²) < 4.78 is 12.5. The first-order valence-electron chi connectivity index (χ1n) is 8.37. The molecule has 0 saturated heterocycles. The van der Waals surface area contributed by atoms with Gasteiger partial charge in [0, 0.05) is 5.39 Å². The Morgan fingerprint density at radius 3 is 2.52 bits per heavy atom. The molecule has 2 heterocycles. The summed E-state index contributed by atoms with van der Waals surface area (Å²) in [7, 11) is 0. The molecule has 0 spiro atoms. The second-order valence-corrected chi connectivity index (χ2v) is 6.37. The van der Waals surface area contributed by atoms with Gasteiger partial charge in [0.2, 0.25) is 0 Å². The highest BCUT2D eigenvalue weighted by Crippen LogP contribution is 2.21. The Kier molecular flexibility index (Phi) is 5.75. The zero-order valence-corrected chi connectivity index (χ0v) is 15.7. The van der Waals surface area contributed by atoms with Crippen molar-refractivity contribution < 1.29 is 19.1 Å². The summed E-state index contributed by atoms with van der Waals surface area (Å²) in [6.45, 7) is 3.68. The summed E-state index contributed by atoms with van der Waals surface area (Å²) >= 11 is 1.05. The van der Waals surface area contributed by atoms with Gasteiger partial charge in [0.25, 0.3) is 0 Å². The van der Waals surface area contributed by atoms with E-state index in [9.17, 15) is 14.4 Å². The van der Waals surface area contributed by atoms with E-state index in [0.717, 1.165) is 11.8 Å². The van der Waals surface area contributed by atoms with E-state index in [1.807, 2.05) is 6.07 Å². The molecule has 9 nitrogen and oxygen atoms in total. The highest BCUT2D eigenvalue weighted by atomic mass is 32.2. The number of carbonyl (C=O) groups is 2. The minimum atomic E-state index is -0.516. The number of aromatic nitrogens is 4. The maximum absolute atomic E-state index is 13.0. The number of hydrogen-bond donors (Lipinski definition) is 0. The third-order valence-corrected chi connectivity index (χ3v) is 4.61. The minimum Gasteiger partial charge on any atom is -0.465 e. The summed E-state index contributed by atoms with van der Waals surface area (Å²) in [4.78, 5) is 36.6. The Morgan fingerprint density at radius 2 is 1.78 bits per heavy atom. The molecular formula is C17H18N4O5S. The number of thioether (sulfide) groups is 1. The number of esters is 2. The molecule has 0 saturated carbocycles. The van der Waals surface area contributed by atoms with E-state index >= 15 is 0 Å². The van der Waals surface area contributed by atoms with E-state index in [1.165, 1.54) is 8.97 Å². The first-order chi connectivity index (χ1) is 13.1. The summed E-state index contributed by atoms with van der Waals surface area (Å²) in [5.41, 5.74) is 0.438. The number of nitrogens with zero attached hydrogens (tertiary/aromatic N) is 4. The number of rotatable bonds is 7. The van der Waals surface area contributed by atoms with Crippen LogP contribution in [0.15, 0.2) is 34.2 Å². The van der Waals surface area contributed by atoms with Gasteiger partial charge in [0.1, 0.15) is 6.54 Å². The third-order valence-electron chi connectivity index (χ3n) is 3.71. The molecule has 0 radical (unpaired) electrons. The Balaban J connectivity index is 2.11. The van der Waals surface area contributed by atoms with E-state index in [4.69, 9.17) is 9.47 Å². The molecule has 0 amide bonds. The molecule has 0 atom stereocenters. The second-order valence-electron chi connectivity index (χ2n) is 5.43. The van der Waals surface area contributed by atoms with Crippen molar-refractivity contribution in [1.82, 2.24) is 19.2 Å². The van der Waals surface area contributed by atoms with Crippen molar-refractivity contribution >= 4 is 40.3 Å². The SMILES string of the molecule is CCOC(=O)CSc1nnc2c3ccccc3n(CC(=O)OCC)c(=O)n12. The van der Waals surface area contributed by atoms with Gasteiger partial charge in [0.15, 0.2) is 10.8 Å². The molecule has 0 fully saturated rings. The fraction of sp³-hybridized carbons (Fsp3) is 0.353. The smallest absolute Gasteiger partial charge is 0.337 e. The average Bonchev–Trinajstić information content (AvgIpc) is 3.08. The van der Waals surface area contributed by atoms with Gasteiger partial charge in [-0.25, -0.2) is 9.20 Å². The van der Waals surface area contributed by atoms with Crippen molar-refractivity contribution in [2.45, 2.75) is 25.5 Å². The number of carbonyl (C=O) groups excluding carboxylic acids is 2. The average molecular weight is 390 g/mol. The molecule has 27 heavy (non-hydrogen) atoms. The van der Waals surface area contributed by atoms with Gasteiger partial charge in [0.05, 0.1) is 24.5 Å². The molecule has 3 aromatic rings. The van der Waals surface area contributed by atoms with Gasteiger partial charge < -0.3 is 9.47 Å². The first-order valence-corrected chi connectivity index (χ1v) is 9.36. The summed E-state index contributed by atoms with van der Waals surface area (Å²) in [6.07, 6.45) is 0. The van der Waals surface area contributed by atoms with Gasteiger partial charge in [-0.15, -0.1) is 10.2 Å². The van der Waals surface area contributed by atoms with Crippen molar-refractivity contribution in [2.75, 3.05) is 19.0 Å².